The number of ether oxygens (including phenoxy) is 1. The molecule has 1 amide bonds. The Morgan fingerprint density at radius 2 is 1.84 bits per heavy atom. The first kappa shape index (κ1) is 19.1. The summed E-state index contributed by atoms with van der Waals surface area (Å²) in [6.07, 6.45) is 2.06. The fourth-order valence-electron chi connectivity index (χ4n) is 2.53. The number of carbonyl (C=O) groups excluding carboxylic acids is 1. The van der Waals surface area contributed by atoms with Gasteiger partial charge in [-0.25, -0.2) is 0 Å². The van der Waals surface area contributed by atoms with Crippen molar-refractivity contribution in [1.82, 2.24) is 16.0 Å². The van der Waals surface area contributed by atoms with Crippen molar-refractivity contribution >= 4 is 11.9 Å². The monoisotopic (exact) mass is 346 g/mol. The first-order chi connectivity index (χ1) is 12.1. The van der Waals surface area contributed by atoms with Crippen molar-refractivity contribution in [3.63, 3.8) is 0 Å². The molecule has 1 aromatic carbocycles. The second-order valence-corrected chi connectivity index (χ2v) is 6.42. The SMILES string of the molecule is CCNC(=NCCNC(=O)C1CC1)NCCOc1cc(C)cc(C)c1. The molecule has 0 bridgehead atoms. The van der Waals surface area contributed by atoms with Crippen LogP contribution < -0.4 is 20.7 Å². The normalized spacial score (nSPS) is 14.1. The van der Waals surface area contributed by atoms with E-state index in [-0.39, 0.29) is 11.8 Å². The average Bonchev–Trinajstić information content (AvgIpc) is 3.39. The van der Waals surface area contributed by atoms with E-state index in [1.807, 2.05) is 19.1 Å². The highest BCUT2D eigenvalue weighted by Gasteiger charge is 2.28. The first-order valence-electron chi connectivity index (χ1n) is 9.09. The fraction of sp³-hybridized carbons (Fsp3) is 0.579. The van der Waals surface area contributed by atoms with Crippen LogP contribution in [0.25, 0.3) is 0 Å². The molecule has 0 saturated heterocycles. The number of aryl methyl sites for hydroxylation is 2. The maximum atomic E-state index is 11.6. The second kappa shape index (κ2) is 9.91. The van der Waals surface area contributed by atoms with Gasteiger partial charge in [0.15, 0.2) is 5.96 Å². The molecule has 1 saturated carbocycles. The van der Waals surface area contributed by atoms with E-state index in [2.05, 4.69) is 40.9 Å². The summed E-state index contributed by atoms with van der Waals surface area (Å²) in [6.45, 7) is 9.30. The van der Waals surface area contributed by atoms with E-state index in [0.29, 0.717) is 26.2 Å². The van der Waals surface area contributed by atoms with Gasteiger partial charge in [0.25, 0.3) is 0 Å². The lowest BCUT2D eigenvalue weighted by Gasteiger charge is -2.13. The van der Waals surface area contributed by atoms with Crippen LogP contribution in [0.2, 0.25) is 0 Å². The zero-order valence-corrected chi connectivity index (χ0v) is 15.5. The molecule has 0 aromatic heterocycles. The van der Waals surface area contributed by atoms with Crippen LogP contribution >= 0.6 is 0 Å². The highest BCUT2D eigenvalue weighted by molar-refractivity contribution is 5.81. The summed E-state index contributed by atoms with van der Waals surface area (Å²) in [5.41, 5.74) is 2.40. The highest BCUT2D eigenvalue weighted by atomic mass is 16.5. The van der Waals surface area contributed by atoms with Gasteiger partial charge in [0.05, 0.1) is 13.1 Å². The van der Waals surface area contributed by atoms with Crippen LogP contribution in [0.4, 0.5) is 0 Å². The molecular formula is C19H30N4O2. The number of hydrogen-bond acceptors (Lipinski definition) is 3. The summed E-state index contributed by atoms with van der Waals surface area (Å²) in [4.78, 5) is 16.0. The molecule has 1 fully saturated rings. The number of carbonyl (C=O) groups is 1. The van der Waals surface area contributed by atoms with Crippen LogP contribution in [0, 0.1) is 19.8 Å². The molecule has 0 heterocycles. The minimum absolute atomic E-state index is 0.162. The Morgan fingerprint density at radius 1 is 1.12 bits per heavy atom. The topological polar surface area (TPSA) is 74.8 Å². The van der Waals surface area contributed by atoms with Crippen LogP contribution in [0.1, 0.15) is 30.9 Å². The van der Waals surface area contributed by atoms with Gasteiger partial charge >= 0.3 is 0 Å². The largest absolute Gasteiger partial charge is 0.492 e. The molecule has 25 heavy (non-hydrogen) atoms. The summed E-state index contributed by atoms with van der Waals surface area (Å²) in [7, 11) is 0. The molecule has 1 aliphatic rings. The van der Waals surface area contributed by atoms with Crippen LogP contribution in [0.5, 0.6) is 5.75 Å². The fourth-order valence-corrected chi connectivity index (χ4v) is 2.53. The Labute approximate surface area is 150 Å². The lowest BCUT2D eigenvalue weighted by molar-refractivity contribution is -0.122. The molecule has 138 valence electrons. The Morgan fingerprint density at radius 3 is 2.48 bits per heavy atom. The first-order valence-corrected chi connectivity index (χ1v) is 9.09. The summed E-state index contributed by atoms with van der Waals surface area (Å²) >= 11 is 0. The molecule has 1 aromatic rings. The Balaban J connectivity index is 1.67. The third kappa shape index (κ3) is 7.45. The second-order valence-electron chi connectivity index (χ2n) is 6.42. The van der Waals surface area contributed by atoms with E-state index >= 15 is 0 Å². The maximum Gasteiger partial charge on any atom is 0.223 e. The van der Waals surface area contributed by atoms with E-state index in [4.69, 9.17) is 4.74 Å². The molecule has 1 aliphatic carbocycles. The molecule has 3 N–H and O–H groups in total. The summed E-state index contributed by atoms with van der Waals surface area (Å²) in [5.74, 6) is 2.05. The highest BCUT2D eigenvalue weighted by Crippen LogP contribution is 2.28. The molecule has 0 atom stereocenters. The smallest absolute Gasteiger partial charge is 0.223 e. The number of guanidine groups is 1. The number of benzene rings is 1. The van der Waals surface area contributed by atoms with Crippen molar-refractivity contribution in [2.24, 2.45) is 10.9 Å². The van der Waals surface area contributed by atoms with Gasteiger partial charge in [0.1, 0.15) is 12.4 Å². The molecule has 2 rings (SSSR count). The summed E-state index contributed by atoms with van der Waals surface area (Å²) in [5, 5.41) is 9.35. The van der Waals surface area contributed by atoms with Gasteiger partial charge in [-0.05, 0) is 56.9 Å². The molecule has 0 radical (unpaired) electrons. The maximum absolute atomic E-state index is 11.6. The molecule has 0 aliphatic heterocycles. The number of hydrogen-bond donors (Lipinski definition) is 3. The summed E-state index contributed by atoms with van der Waals surface area (Å²) in [6, 6.07) is 6.20. The lowest BCUT2D eigenvalue weighted by atomic mass is 10.1. The van der Waals surface area contributed by atoms with Crippen molar-refractivity contribution in [3.05, 3.63) is 29.3 Å². The van der Waals surface area contributed by atoms with Crippen molar-refractivity contribution < 1.29 is 9.53 Å². The summed E-state index contributed by atoms with van der Waals surface area (Å²) < 4.78 is 5.78. The van der Waals surface area contributed by atoms with Crippen molar-refractivity contribution in [3.8, 4) is 5.75 Å². The van der Waals surface area contributed by atoms with Gasteiger partial charge in [-0.3, -0.25) is 9.79 Å². The Kier molecular flexibility index (Phi) is 7.57. The van der Waals surface area contributed by atoms with Gasteiger partial charge in [-0.2, -0.15) is 0 Å². The van der Waals surface area contributed by atoms with E-state index in [0.717, 1.165) is 31.1 Å². The quantitative estimate of drug-likeness (QED) is 0.362. The number of nitrogens with one attached hydrogen (secondary N) is 3. The van der Waals surface area contributed by atoms with Gasteiger partial charge in [0, 0.05) is 19.0 Å². The zero-order chi connectivity index (χ0) is 18.1. The van der Waals surface area contributed by atoms with E-state index in [1.54, 1.807) is 0 Å². The molecule has 0 spiro atoms. The third-order valence-corrected chi connectivity index (χ3v) is 3.83. The lowest BCUT2D eigenvalue weighted by Crippen LogP contribution is -2.40. The van der Waals surface area contributed by atoms with Crippen LogP contribution in [-0.2, 0) is 4.79 Å². The van der Waals surface area contributed by atoms with Crippen molar-refractivity contribution in [1.29, 1.82) is 0 Å². The number of amides is 1. The van der Waals surface area contributed by atoms with Crippen molar-refractivity contribution in [2.75, 3.05) is 32.8 Å². The predicted molar refractivity (Wildman–Crippen MR) is 101 cm³/mol. The Bertz CT molecular complexity index is 577. The molecule has 6 heteroatoms. The minimum atomic E-state index is 0.162. The predicted octanol–water partition coefficient (Wildman–Crippen LogP) is 1.76. The third-order valence-electron chi connectivity index (χ3n) is 3.83. The molecular weight excluding hydrogens is 316 g/mol. The number of nitrogens with zero attached hydrogens (tertiary/aromatic N) is 1. The van der Waals surface area contributed by atoms with Crippen LogP contribution in [0.15, 0.2) is 23.2 Å². The van der Waals surface area contributed by atoms with Gasteiger partial charge in [-0.1, -0.05) is 6.07 Å². The van der Waals surface area contributed by atoms with Crippen molar-refractivity contribution in [2.45, 2.75) is 33.6 Å². The molecule has 6 nitrogen and oxygen atoms in total. The Hall–Kier alpha value is -2.24. The number of aliphatic imine (C=N–C) groups is 1. The van der Waals surface area contributed by atoms with Crippen LogP contribution in [-0.4, -0.2) is 44.7 Å². The minimum Gasteiger partial charge on any atom is -0.492 e. The number of rotatable bonds is 9. The van der Waals surface area contributed by atoms with Gasteiger partial charge in [-0.15, -0.1) is 0 Å². The van der Waals surface area contributed by atoms with E-state index in [9.17, 15) is 4.79 Å². The van der Waals surface area contributed by atoms with Gasteiger partial charge < -0.3 is 20.7 Å². The van der Waals surface area contributed by atoms with E-state index in [1.165, 1.54) is 11.1 Å². The van der Waals surface area contributed by atoms with Gasteiger partial charge in [0.2, 0.25) is 5.91 Å². The standard InChI is InChI=1S/C19H30N4O2/c1-4-20-19(22-8-7-21-18(24)16-5-6-16)23-9-10-25-17-12-14(2)11-15(3)13-17/h11-13,16H,4-10H2,1-3H3,(H,21,24)(H2,20,22,23). The average molecular weight is 346 g/mol. The van der Waals surface area contributed by atoms with Crippen LogP contribution in [0.3, 0.4) is 0 Å². The van der Waals surface area contributed by atoms with E-state index < -0.39 is 0 Å². The molecule has 0 unspecified atom stereocenters. The zero-order valence-electron chi connectivity index (χ0n) is 15.5.